The SMILES string of the molecule is CC(=O)N1CCN(c2cc(N3CCC4(CC3)OCCO4)ncn2)CC1. The van der Waals surface area contributed by atoms with Crippen LogP contribution < -0.4 is 9.80 Å². The number of hydrogen-bond acceptors (Lipinski definition) is 7. The summed E-state index contributed by atoms with van der Waals surface area (Å²) >= 11 is 0. The highest BCUT2D eigenvalue weighted by molar-refractivity contribution is 5.73. The molecule has 0 aromatic carbocycles. The number of anilines is 2. The molecule has 0 saturated carbocycles. The van der Waals surface area contributed by atoms with E-state index in [1.54, 1.807) is 13.3 Å². The third-order valence-corrected chi connectivity index (χ3v) is 5.35. The lowest BCUT2D eigenvalue weighted by Crippen LogP contribution is -2.48. The van der Waals surface area contributed by atoms with Crippen LogP contribution in [0.4, 0.5) is 11.6 Å². The first-order chi connectivity index (χ1) is 12.2. The number of aromatic nitrogens is 2. The predicted octanol–water partition coefficient (Wildman–Crippen LogP) is 0.488. The first kappa shape index (κ1) is 16.5. The number of piperidine rings is 1. The molecular formula is C17H25N5O3. The molecule has 0 N–H and O–H groups in total. The molecule has 1 aromatic heterocycles. The number of piperazine rings is 1. The Bertz CT molecular complexity index is 616. The van der Waals surface area contributed by atoms with Gasteiger partial charge < -0.3 is 24.2 Å². The standard InChI is InChI=1S/C17H25N5O3/c1-14(23)20-6-8-22(9-7-20)16-12-15(18-13-19-16)21-4-2-17(3-5-21)24-10-11-25-17/h12-13H,2-11H2,1H3. The first-order valence-corrected chi connectivity index (χ1v) is 9.01. The molecule has 0 atom stereocenters. The van der Waals surface area contributed by atoms with Crippen molar-refractivity contribution in [3.63, 3.8) is 0 Å². The second-order valence-electron chi connectivity index (χ2n) is 6.82. The molecule has 3 aliphatic rings. The van der Waals surface area contributed by atoms with E-state index >= 15 is 0 Å². The Morgan fingerprint density at radius 1 is 0.960 bits per heavy atom. The van der Waals surface area contributed by atoms with Crippen molar-refractivity contribution >= 4 is 17.5 Å². The van der Waals surface area contributed by atoms with Gasteiger partial charge in [-0.3, -0.25) is 4.79 Å². The molecular weight excluding hydrogens is 322 g/mol. The average Bonchev–Trinajstić information content (AvgIpc) is 3.10. The van der Waals surface area contributed by atoms with Crippen molar-refractivity contribution in [2.75, 3.05) is 62.3 Å². The quantitative estimate of drug-likeness (QED) is 0.771. The minimum atomic E-state index is -0.366. The fourth-order valence-electron chi connectivity index (χ4n) is 3.80. The normalized spacial score (nSPS) is 23.3. The van der Waals surface area contributed by atoms with Gasteiger partial charge in [0.05, 0.1) is 13.2 Å². The van der Waals surface area contributed by atoms with E-state index in [-0.39, 0.29) is 11.7 Å². The third kappa shape index (κ3) is 3.41. The van der Waals surface area contributed by atoms with Gasteiger partial charge in [-0.1, -0.05) is 0 Å². The maximum absolute atomic E-state index is 11.5. The van der Waals surface area contributed by atoms with Crippen LogP contribution in [0.3, 0.4) is 0 Å². The summed E-state index contributed by atoms with van der Waals surface area (Å²) in [5.74, 6) is 1.66. The Kier molecular flexibility index (Phi) is 4.47. The van der Waals surface area contributed by atoms with Gasteiger partial charge in [-0.05, 0) is 0 Å². The van der Waals surface area contributed by atoms with Gasteiger partial charge in [0.2, 0.25) is 5.91 Å². The Morgan fingerprint density at radius 2 is 1.52 bits per heavy atom. The first-order valence-electron chi connectivity index (χ1n) is 9.01. The van der Waals surface area contributed by atoms with E-state index in [9.17, 15) is 4.79 Å². The Morgan fingerprint density at radius 3 is 2.08 bits per heavy atom. The van der Waals surface area contributed by atoms with Gasteiger partial charge in [0, 0.05) is 65.1 Å². The van der Waals surface area contributed by atoms with Crippen molar-refractivity contribution in [3.8, 4) is 0 Å². The zero-order valence-corrected chi connectivity index (χ0v) is 14.7. The van der Waals surface area contributed by atoms with Crippen molar-refractivity contribution in [2.24, 2.45) is 0 Å². The predicted molar refractivity (Wildman–Crippen MR) is 92.6 cm³/mol. The van der Waals surface area contributed by atoms with E-state index in [2.05, 4.69) is 25.8 Å². The van der Waals surface area contributed by atoms with E-state index in [4.69, 9.17) is 9.47 Å². The minimum absolute atomic E-state index is 0.140. The number of amides is 1. The molecule has 25 heavy (non-hydrogen) atoms. The summed E-state index contributed by atoms with van der Waals surface area (Å²) in [6.45, 7) is 7.86. The van der Waals surface area contributed by atoms with Crippen LogP contribution in [0.15, 0.2) is 12.4 Å². The number of carbonyl (C=O) groups excluding carboxylic acids is 1. The topological polar surface area (TPSA) is 71.0 Å². The van der Waals surface area contributed by atoms with Gasteiger partial charge in [0.1, 0.15) is 18.0 Å². The number of carbonyl (C=O) groups is 1. The maximum atomic E-state index is 11.5. The highest BCUT2D eigenvalue weighted by Crippen LogP contribution is 2.33. The van der Waals surface area contributed by atoms with Crippen molar-refractivity contribution in [3.05, 3.63) is 12.4 Å². The number of rotatable bonds is 2. The Labute approximate surface area is 147 Å². The zero-order chi connectivity index (χ0) is 17.3. The summed E-state index contributed by atoms with van der Waals surface area (Å²) in [7, 11) is 0. The van der Waals surface area contributed by atoms with Crippen molar-refractivity contribution < 1.29 is 14.3 Å². The van der Waals surface area contributed by atoms with Gasteiger partial charge in [0.15, 0.2) is 5.79 Å². The Hall–Kier alpha value is -1.93. The lowest BCUT2D eigenvalue weighted by atomic mass is 10.0. The molecule has 1 aromatic rings. The van der Waals surface area contributed by atoms with Gasteiger partial charge in [-0.15, -0.1) is 0 Å². The number of nitrogens with zero attached hydrogens (tertiary/aromatic N) is 5. The van der Waals surface area contributed by atoms with Crippen LogP contribution in [0.1, 0.15) is 19.8 Å². The Balaban J connectivity index is 1.39. The molecule has 8 heteroatoms. The van der Waals surface area contributed by atoms with Crippen molar-refractivity contribution in [1.82, 2.24) is 14.9 Å². The molecule has 4 heterocycles. The van der Waals surface area contributed by atoms with Crippen LogP contribution in [-0.2, 0) is 14.3 Å². The lowest BCUT2D eigenvalue weighted by Gasteiger charge is -2.38. The maximum Gasteiger partial charge on any atom is 0.219 e. The van der Waals surface area contributed by atoms with Gasteiger partial charge in [-0.2, -0.15) is 0 Å². The van der Waals surface area contributed by atoms with E-state index in [1.807, 2.05) is 4.90 Å². The number of ether oxygens (including phenoxy) is 2. The van der Waals surface area contributed by atoms with E-state index in [0.717, 1.165) is 63.7 Å². The van der Waals surface area contributed by atoms with Gasteiger partial charge >= 0.3 is 0 Å². The second-order valence-corrected chi connectivity index (χ2v) is 6.82. The van der Waals surface area contributed by atoms with Crippen LogP contribution in [0.5, 0.6) is 0 Å². The summed E-state index contributed by atoms with van der Waals surface area (Å²) in [4.78, 5) is 26.7. The van der Waals surface area contributed by atoms with E-state index in [0.29, 0.717) is 13.2 Å². The van der Waals surface area contributed by atoms with Crippen LogP contribution in [-0.4, -0.2) is 79.0 Å². The van der Waals surface area contributed by atoms with E-state index in [1.165, 1.54) is 0 Å². The summed E-state index contributed by atoms with van der Waals surface area (Å²) in [5, 5.41) is 0. The highest BCUT2D eigenvalue weighted by atomic mass is 16.7. The molecule has 0 radical (unpaired) electrons. The summed E-state index contributed by atoms with van der Waals surface area (Å²) in [5.41, 5.74) is 0. The molecule has 3 aliphatic heterocycles. The molecule has 3 saturated heterocycles. The van der Waals surface area contributed by atoms with E-state index < -0.39 is 0 Å². The number of hydrogen-bond donors (Lipinski definition) is 0. The van der Waals surface area contributed by atoms with Gasteiger partial charge in [0.25, 0.3) is 0 Å². The van der Waals surface area contributed by atoms with Crippen molar-refractivity contribution in [1.29, 1.82) is 0 Å². The largest absolute Gasteiger partial charge is 0.356 e. The third-order valence-electron chi connectivity index (χ3n) is 5.35. The van der Waals surface area contributed by atoms with Crippen LogP contribution in [0.25, 0.3) is 0 Å². The molecule has 0 aliphatic carbocycles. The smallest absolute Gasteiger partial charge is 0.219 e. The fourth-order valence-corrected chi connectivity index (χ4v) is 3.80. The summed E-state index contributed by atoms with van der Waals surface area (Å²) in [6, 6.07) is 2.05. The molecule has 0 bridgehead atoms. The lowest BCUT2D eigenvalue weighted by molar-refractivity contribution is -0.169. The molecule has 1 amide bonds. The average molecular weight is 347 g/mol. The monoisotopic (exact) mass is 347 g/mol. The van der Waals surface area contributed by atoms with Crippen LogP contribution in [0, 0.1) is 0 Å². The highest BCUT2D eigenvalue weighted by Gasteiger charge is 2.40. The van der Waals surface area contributed by atoms with Gasteiger partial charge in [-0.25, -0.2) is 9.97 Å². The molecule has 4 rings (SSSR count). The molecule has 136 valence electrons. The summed E-state index contributed by atoms with van der Waals surface area (Å²) < 4.78 is 11.6. The summed E-state index contributed by atoms with van der Waals surface area (Å²) in [6.07, 6.45) is 3.36. The zero-order valence-electron chi connectivity index (χ0n) is 14.7. The molecule has 3 fully saturated rings. The van der Waals surface area contributed by atoms with Crippen molar-refractivity contribution in [2.45, 2.75) is 25.6 Å². The molecule has 8 nitrogen and oxygen atoms in total. The van der Waals surface area contributed by atoms with Crippen LogP contribution >= 0.6 is 0 Å². The minimum Gasteiger partial charge on any atom is -0.356 e. The fraction of sp³-hybridized carbons (Fsp3) is 0.706. The second kappa shape index (κ2) is 6.76. The molecule has 0 unspecified atom stereocenters. The van der Waals surface area contributed by atoms with Crippen LogP contribution in [0.2, 0.25) is 0 Å². The molecule has 1 spiro atoms.